The number of benzene rings is 1. The van der Waals surface area contributed by atoms with Crippen molar-refractivity contribution in [2.24, 2.45) is 5.92 Å². The van der Waals surface area contributed by atoms with Gasteiger partial charge in [-0.3, -0.25) is 4.90 Å². The van der Waals surface area contributed by atoms with Crippen molar-refractivity contribution in [2.75, 3.05) is 40.1 Å². The minimum Gasteiger partial charge on any atom is -0.493 e. The Morgan fingerprint density at radius 1 is 1.23 bits per heavy atom. The Morgan fingerprint density at radius 2 is 2.05 bits per heavy atom. The zero-order valence-corrected chi connectivity index (χ0v) is 13.1. The van der Waals surface area contributed by atoms with E-state index in [1.807, 2.05) is 0 Å². The molecule has 0 spiro atoms. The van der Waals surface area contributed by atoms with E-state index < -0.39 is 0 Å². The SMILES string of the molecule is COc1cc([C@H](C2CCC2)N2CCNCC2)cc2c1OCO2. The van der Waals surface area contributed by atoms with Crippen LogP contribution in [-0.2, 0) is 0 Å². The Kier molecular flexibility index (Phi) is 3.84. The minimum absolute atomic E-state index is 0.289. The summed E-state index contributed by atoms with van der Waals surface area (Å²) in [6.07, 6.45) is 4.01. The van der Waals surface area contributed by atoms with Gasteiger partial charge in [-0.2, -0.15) is 0 Å². The summed E-state index contributed by atoms with van der Waals surface area (Å²) in [5.74, 6) is 3.13. The molecule has 4 rings (SSSR count). The summed E-state index contributed by atoms with van der Waals surface area (Å²) in [7, 11) is 1.70. The van der Waals surface area contributed by atoms with Gasteiger partial charge >= 0.3 is 0 Å². The largest absolute Gasteiger partial charge is 0.493 e. The zero-order valence-electron chi connectivity index (χ0n) is 13.1. The zero-order chi connectivity index (χ0) is 14.9. The molecule has 0 bridgehead atoms. The molecule has 1 saturated heterocycles. The van der Waals surface area contributed by atoms with Crippen LogP contribution in [0.25, 0.3) is 0 Å². The molecule has 1 aromatic carbocycles. The second-order valence-electron chi connectivity index (χ2n) is 6.38. The third-order valence-electron chi connectivity index (χ3n) is 5.16. The van der Waals surface area contributed by atoms with Crippen LogP contribution in [0.3, 0.4) is 0 Å². The van der Waals surface area contributed by atoms with Gasteiger partial charge in [-0.25, -0.2) is 0 Å². The first kappa shape index (κ1) is 14.2. The van der Waals surface area contributed by atoms with E-state index in [2.05, 4.69) is 22.3 Å². The Labute approximate surface area is 131 Å². The topological polar surface area (TPSA) is 43.0 Å². The van der Waals surface area contributed by atoms with Crippen LogP contribution < -0.4 is 19.5 Å². The Balaban J connectivity index is 1.69. The van der Waals surface area contributed by atoms with Crippen molar-refractivity contribution in [1.82, 2.24) is 10.2 Å². The predicted octanol–water partition coefficient (Wildman–Crippen LogP) is 2.17. The fourth-order valence-electron chi connectivity index (χ4n) is 3.82. The minimum atomic E-state index is 0.289. The number of nitrogens with one attached hydrogen (secondary N) is 1. The lowest BCUT2D eigenvalue weighted by Crippen LogP contribution is -2.47. The number of hydrogen-bond acceptors (Lipinski definition) is 5. The lowest BCUT2D eigenvalue weighted by molar-refractivity contribution is 0.0834. The molecular formula is C17H24N2O3. The predicted molar refractivity (Wildman–Crippen MR) is 83.6 cm³/mol. The van der Waals surface area contributed by atoms with E-state index in [1.165, 1.54) is 24.8 Å². The highest BCUT2D eigenvalue weighted by atomic mass is 16.7. The first-order valence-corrected chi connectivity index (χ1v) is 8.29. The number of piperazine rings is 1. The summed E-state index contributed by atoms with van der Waals surface area (Å²) in [6, 6.07) is 4.79. The van der Waals surface area contributed by atoms with E-state index >= 15 is 0 Å². The molecule has 1 saturated carbocycles. The standard InChI is InChI=1S/C17H24N2O3/c1-20-14-9-13(10-15-17(14)22-11-21-15)16(12-3-2-4-12)19-7-5-18-6-8-19/h9-10,12,16,18H,2-8,11H2,1H3/t16-/m0/s1. The van der Waals surface area contributed by atoms with Crippen molar-refractivity contribution in [1.29, 1.82) is 0 Å². The van der Waals surface area contributed by atoms with Crippen LogP contribution in [0.5, 0.6) is 17.2 Å². The number of methoxy groups -OCH3 is 1. The highest BCUT2D eigenvalue weighted by molar-refractivity contribution is 5.55. The molecule has 0 aromatic heterocycles. The fraction of sp³-hybridized carbons (Fsp3) is 0.647. The van der Waals surface area contributed by atoms with Gasteiger partial charge in [0, 0.05) is 32.2 Å². The molecule has 22 heavy (non-hydrogen) atoms. The molecule has 2 heterocycles. The summed E-state index contributed by atoms with van der Waals surface area (Å²) in [4.78, 5) is 2.62. The van der Waals surface area contributed by atoms with Crippen LogP contribution >= 0.6 is 0 Å². The van der Waals surface area contributed by atoms with Gasteiger partial charge in [-0.1, -0.05) is 6.42 Å². The highest BCUT2D eigenvalue weighted by Gasteiger charge is 2.35. The molecule has 1 aromatic rings. The number of fused-ring (bicyclic) bond motifs is 1. The summed E-state index contributed by atoms with van der Waals surface area (Å²) < 4.78 is 16.7. The van der Waals surface area contributed by atoms with Crippen molar-refractivity contribution in [2.45, 2.75) is 25.3 Å². The second kappa shape index (κ2) is 5.97. The summed E-state index contributed by atoms with van der Waals surface area (Å²) in [5.41, 5.74) is 1.31. The van der Waals surface area contributed by atoms with Gasteiger partial charge in [0.25, 0.3) is 0 Å². The Morgan fingerprint density at radius 3 is 2.73 bits per heavy atom. The molecule has 2 aliphatic heterocycles. The van der Waals surface area contributed by atoms with Crippen LogP contribution in [0, 0.1) is 5.92 Å². The first-order chi connectivity index (χ1) is 10.9. The Bertz CT molecular complexity index is 539. The molecule has 0 amide bonds. The molecule has 0 radical (unpaired) electrons. The maximum atomic E-state index is 5.62. The average molecular weight is 304 g/mol. The van der Waals surface area contributed by atoms with Gasteiger partial charge in [0.15, 0.2) is 11.5 Å². The third kappa shape index (κ3) is 2.42. The van der Waals surface area contributed by atoms with E-state index in [-0.39, 0.29) is 6.79 Å². The van der Waals surface area contributed by atoms with Crippen molar-refractivity contribution >= 4 is 0 Å². The van der Waals surface area contributed by atoms with Gasteiger partial charge in [0.05, 0.1) is 7.11 Å². The molecule has 1 aliphatic carbocycles. The molecule has 120 valence electrons. The maximum Gasteiger partial charge on any atom is 0.231 e. The van der Waals surface area contributed by atoms with E-state index in [0.29, 0.717) is 6.04 Å². The maximum absolute atomic E-state index is 5.62. The number of ether oxygens (including phenoxy) is 3. The van der Waals surface area contributed by atoms with Crippen LogP contribution in [0.15, 0.2) is 12.1 Å². The number of nitrogens with zero attached hydrogens (tertiary/aromatic N) is 1. The Hall–Kier alpha value is -1.46. The number of hydrogen-bond donors (Lipinski definition) is 1. The van der Waals surface area contributed by atoms with E-state index in [1.54, 1.807) is 7.11 Å². The fourth-order valence-corrected chi connectivity index (χ4v) is 3.82. The van der Waals surface area contributed by atoms with E-state index in [4.69, 9.17) is 14.2 Å². The van der Waals surface area contributed by atoms with Gasteiger partial charge < -0.3 is 19.5 Å². The summed E-state index contributed by atoms with van der Waals surface area (Å²) >= 11 is 0. The van der Waals surface area contributed by atoms with Crippen LogP contribution in [0.2, 0.25) is 0 Å². The first-order valence-electron chi connectivity index (χ1n) is 8.29. The smallest absolute Gasteiger partial charge is 0.231 e. The molecule has 1 atom stereocenters. The van der Waals surface area contributed by atoms with E-state index in [9.17, 15) is 0 Å². The molecule has 5 nitrogen and oxygen atoms in total. The lowest BCUT2D eigenvalue weighted by atomic mass is 9.76. The van der Waals surface area contributed by atoms with Crippen LogP contribution in [0.4, 0.5) is 0 Å². The van der Waals surface area contributed by atoms with Crippen molar-refractivity contribution < 1.29 is 14.2 Å². The summed E-state index contributed by atoms with van der Waals surface area (Å²) in [5, 5.41) is 3.45. The number of rotatable bonds is 4. The van der Waals surface area contributed by atoms with Gasteiger partial charge in [0.1, 0.15) is 0 Å². The summed E-state index contributed by atoms with van der Waals surface area (Å²) in [6.45, 7) is 4.66. The highest BCUT2D eigenvalue weighted by Crippen LogP contribution is 2.47. The molecule has 0 unspecified atom stereocenters. The second-order valence-corrected chi connectivity index (χ2v) is 6.38. The van der Waals surface area contributed by atoms with E-state index in [0.717, 1.165) is 49.3 Å². The van der Waals surface area contributed by atoms with Crippen molar-refractivity contribution in [3.63, 3.8) is 0 Å². The normalized spacial score (nSPS) is 23.1. The molecule has 2 fully saturated rings. The average Bonchev–Trinajstić information content (AvgIpc) is 2.99. The van der Waals surface area contributed by atoms with Crippen molar-refractivity contribution in [3.8, 4) is 17.2 Å². The van der Waals surface area contributed by atoms with Crippen LogP contribution in [0.1, 0.15) is 30.9 Å². The van der Waals surface area contributed by atoms with Gasteiger partial charge in [-0.15, -0.1) is 0 Å². The van der Waals surface area contributed by atoms with Gasteiger partial charge in [0.2, 0.25) is 12.5 Å². The molecule has 1 N–H and O–H groups in total. The van der Waals surface area contributed by atoms with Gasteiger partial charge in [-0.05, 0) is 36.5 Å². The molecular weight excluding hydrogens is 280 g/mol. The third-order valence-corrected chi connectivity index (χ3v) is 5.16. The lowest BCUT2D eigenvalue weighted by Gasteiger charge is -2.43. The quantitative estimate of drug-likeness (QED) is 0.923. The molecule has 3 aliphatic rings. The van der Waals surface area contributed by atoms with Crippen LogP contribution in [-0.4, -0.2) is 45.0 Å². The monoisotopic (exact) mass is 304 g/mol. The van der Waals surface area contributed by atoms with Crippen molar-refractivity contribution in [3.05, 3.63) is 17.7 Å². The molecule has 5 heteroatoms.